The minimum Gasteiger partial charge on any atom is -0.258 e. The van der Waals surface area contributed by atoms with Crippen molar-refractivity contribution in [2.45, 2.75) is 6.18 Å². The molecule has 0 amide bonds. The molecule has 0 N–H and O–H groups in total. The first-order chi connectivity index (χ1) is 7.86. The molecule has 1 rings (SSSR count). The van der Waals surface area contributed by atoms with E-state index < -0.39 is 16.7 Å². The fourth-order valence-electron chi connectivity index (χ4n) is 1.23. The zero-order valence-corrected chi connectivity index (χ0v) is 9.96. The van der Waals surface area contributed by atoms with E-state index in [0.29, 0.717) is 11.4 Å². The van der Waals surface area contributed by atoms with Crippen LogP contribution in [-0.4, -0.2) is 10.3 Å². The van der Waals surface area contributed by atoms with Gasteiger partial charge in [-0.25, -0.2) is 0 Å². The maximum absolute atomic E-state index is 12.6. The first-order valence-corrected chi connectivity index (χ1v) is 5.56. The number of allylic oxidation sites excluding steroid dienone is 1. The van der Waals surface area contributed by atoms with Gasteiger partial charge in [0.25, 0.3) is 5.69 Å². The third kappa shape index (κ3) is 3.55. The summed E-state index contributed by atoms with van der Waals surface area (Å²) in [4.78, 5) is 9.75. The summed E-state index contributed by atoms with van der Waals surface area (Å²) >= 11 is 3.03. The van der Waals surface area contributed by atoms with Crippen molar-refractivity contribution in [3.63, 3.8) is 0 Å². The number of rotatable bonds is 3. The summed E-state index contributed by atoms with van der Waals surface area (Å²) in [5, 5.41) is 10.8. The highest BCUT2D eigenvalue weighted by molar-refractivity contribution is 9.09. The number of halogens is 4. The fourth-order valence-corrected chi connectivity index (χ4v) is 1.42. The van der Waals surface area contributed by atoms with Gasteiger partial charge in [0, 0.05) is 17.5 Å². The molecule has 0 aliphatic rings. The lowest BCUT2D eigenvalue weighted by atomic mass is 10.1. The molecule has 0 atom stereocenters. The van der Waals surface area contributed by atoms with Gasteiger partial charge in [0.05, 0.1) is 10.5 Å². The minimum atomic E-state index is -4.53. The number of nitro benzene ring substituents is 1. The standard InChI is InChI=1S/C10H7BrF3NO2/c11-5-1-2-7-6-8(15(16)17)3-4-9(7)10(12,13)14/h1-4,6H,5H2. The zero-order chi connectivity index (χ0) is 13.1. The van der Waals surface area contributed by atoms with Gasteiger partial charge < -0.3 is 0 Å². The lowest BCUT2D eigenvalue weighted by Crippen LogP contribution is -2.07. The van der Waals surface area contributed by atoms with Crippen LogP contribution in [0.3, 0.4) is 0 Å². The van der Waals surface area contributed by atoms with E-state index in [1.54, 1.807) is 0 Å². The van der Waals surface area contributed by atoms with Gasteiger partial charge in [0.1, 0.15) is 0 Å². The van der Waals surface area contributed by atoms with E-state index in [-0.39, 0.29) is 11.3 Å². The Morgan fingerprint density at radius 3 is 2.53 bits per heavy atom. The molecule has 0 bridgehead atoms. The Labute approximate surface area is 103 Å². The summed E-state index contributed by atoms with van der Waals surface area (Å²) in [6.45, 7) is 0. The Balaban J connectivity index is 3.31. The van der Waals surface area contributed by atoms with Gasteiger partial charge >= 0.3 is 6.18 Å². The van der Waals surface area contributed by atoms with Crippen LogP contribution >= 0.6 is 15.9 Å². The molecule has 0 aromatic heterocycles. The van der Waals surface area contributed by atoms with E-state index >= 15 is 0 Å². The molecule has 92 valence electrons. The quantitative estimate of drug-likeness (QED) is 0.481. The van der Waals surface area contributed by atoms with Crippen LogP contribution in [0.2, 0.25) is 0 Å². The van der Waals surface area contributed by atoms with Crippen molar-refractivity contribution in [2.75, 3.05) is 5.33 Å². The predicted molar refractivity (Wildman–Crippen MR) is 60.9 cm³/mol. The molecule has 0 spiro atoms. The van der Waals surface area contributed by atoms with Crippen LogP contribution in [0.4, 0.5) is 18.9 Å². The second kappa shape index (κ2) is 5.31. The third-order valence-corrected chi connectivity index (χ3v) is 2.31. The molecule has 1 aromatic rings. The molecule has 0 radical (unpaired) electrons. The van der Waals surface area contributed by atoms with Gasteiger partial charge in [-0.2, -0.15) is 13.2 Å². The number of hydrogen-bond acceptors (Lipinski definition) is 2. The second-order valence-corrected chi connectivity index (χ2v) is 3.73. The number of nitro groups is 1. The third-order valence-electron chi connectivity index (χ3n) is 1.94. The van der Waals surface area contributed by atoms with Gasteiger partial charge in [-0.3, -0.25) is 10.1 Å². The normalized spacial score (nSPS) is 12.0. The Morgan fingerprint density at radius 1 is 1.41 bits per heavy atom. The minimum absolute atomic E-state index is 0.217. The van der Waals surface area contributed by atoms with Crippen LogP contribution in [-0.2, 0) is 6.18 Å². The van der Waals surface area contributed by atoms with E-state index in [1.807, 2.05) is 0 Å². The molecular formula is C10H7BrF3NO2. The number of hydrogen-bond donors (Lipinski definition) is 0. The van der Waals surface area contributed by atoms with E-state index in [0.717, 1.165) is 12.1 Å². The highest BCUT2D eigenvalue weighted by Gasteiger charge is 2.33. The van der Waals surface area contributed by atoms with Crippen LogP contribution in [0.1, 0.15) is 11.1 Å². The molecule has 0 aliphatic heterocycles. The number of nitrogens with zero attached hydrogens (tertiary/aromatic N) is 1. The van der Waals surface area contributed by atoms with Crippen LogP contribution in [0.5, 0.6) is 0 Å². The highest BCUT2D eigenvalue weighted by Crippen LogP contribution is 2.34. The molecule has 0 heterocycles. The molecule has 0 saturated heterocycles. The molecule has 3 nitrogen and oxygen atoms in total. The Bertz CT molecular complexity index is 457. The largest absolute Gasteiger partial charge is 0.416 e. The van der Waals surface area contributed by atoms with Gasteiger partial charge in [0.2, 0.25) is 0 Å². The van der Waals surface area contributed by atoms with Gasteiger partial charge in [-0.05, 0) is 11.6 Å². The van der Waals surface area contributed by atoms with Crippen LogP contribution < -0.4 is 0 Å². The van der Waals surface area contributed by atoms with Crippen molar-refractivity contribution in [3.8, 4) is 0 Å². The van der Waals surface area contributed by atoms with Crippen molar-refractivity contribution in [1.29, 1.82) is 0 Å². The SMILES string of the molecule is O=[N+]([O-])c1ccc(C(F)(F)F)c(C=CCBr)c1. The van der Waals surface area contributed by atoms with Gasteiger partial charge in [0.15, 0.2) is 0 Å². The van der Waals surface area contributed by atoms with Crippen molar-refractivity contribution < 1.29 is 18.1 Å². The fraction of sp³-hybridized carbons (Fsp3) is 0.200. The summed E-state index contributed by atoms with van der Waals surface area (Å²) in [5.74, 6) is 0. The van der Waals surface area contributed by atoms with Crippen molar-refractivity contribution in [1.82, 2.24) is 0 Å². The van der Waals surface area contributed by atoms with Crippen LogP contribution in [0, 0.1) is 10.1 Å². The Kier molecular flexibility index (Phi) is 4.28. The summed E-state index contributed by atoms with van der Waals surface area (Å²) in [6, 6.07) is 2.46. The Hall–Kier alpha value is -1.37. The average Bonchev–Trinajstić information content (AvgIpc) is 2.24. The molecule has 0 aliphatic carbocycles. The highest BCUT2D eigenvalue weighted by atomic mass is 79.9. The van der Waals surface area contributed by atoms with Crippen molar-refractivity contribution >= 4 is 27.7 Å². The summed E-state index contributed by atoms with van der Waals surface area (Å²) in [7, 11) is 0. The van der Waals surface area contributed by atoms with E-state index in [1.165, 1.54) is 12.2 Å². The second-order valence-electron chi connectivity index (χ2n) is 3.08. The lowest BCUT2D eigenvalue weighted by molar-refractivity contribution is -0.384. The van der Waals surface area contributed by atoms with E-state index in [2.05, 4.69) is 15.9 Å². The average molecular weight is 310 g/mol. The molecule has 17 heavy (non-hydrogen) atoms. The predicted octanol–water partition coefficient (Wildman–Crippen LogP) is 4.02. The maximum Gasteiger partial charge on any atom is 0.416 e. The van der Waals surface area contributed by atoms with E-state index in [4.69, 9.17) is 0 Å². The number of benzene rings is 1. The monoisotopic (exact) mass is 309 g/mol. The molecule has 0 unspecified atom stereocenters. The molecular weight excluding hydrogens is 303 g/mol. The van der Waals surface area contributed by atoms with Crippen LogP contribution in [0.25, 0.3) is 6.08 Å². The van der Waals surface area contributed by atoms with Gasteiger partial charge in [-0.1, -0.05) is 28.1 Å². The topological polar surface area (TPSA) is 43.1 Å². The van der Waals surface area contributed by atoms with Gasteiger partial charge in [-0.15, -0.1) is 0 Å². The molecule has 0 saturated carbocycles. The summed E-state index contributed by atoms with van der Waals surface area (Å²) in [5.41, 5.74) is -1.47. The first kappa shape index (κ1) is 13.7. The van der Waals surface area contributed by atoms with Crippen LogP contribution in [0.15, 0.2) is 24.3 Å². The maximum atomic E-state index is 12.6. The first-order valence-electron chi connectivity index (χ1n) is 4.44. The smallest absolute Gasteiger partial charge is 0.258 e. The molecule has 0 fully saturated rings. The van der Waals surface area contributed by atoms with Crippen molar-refractivity contribution in [3.05, 3.63) is 45.5 Å². The van der Waals surface area contributed by atoms with E-state index in [9.17, 15) is 23.3 Å². The number of non-ortho nitro benzene ring substituents is 1. The molecule has 1 aromatic carbocycles. The summed E-state index contributed by atoms with van der Waals surface area (Å²) < 4.78 is 37.8. The molecule has 7 heteroatoms. The summed E-state index contributed by atoms with van der Waals surface area (Å²) in [6.07, 6.45) is -1.89. The number of alkyl halides is 4. The Morgan fingerprint density at radius 2 is 2.06 bits per heavy atom. The lowest BCUT2D eigenvalue weighted by Gasteiger charge is -2.09. The zero-order valence-electron chi connectivity index (χ0n) is 8.37. The van der Waals surface area contributed by atoms with Crippen molar-refractivity contribution in [2.24, 2.45) is 0 Å².